The zero-order chi connectivity index (χ0) is 23.0. The fourth-order valence-electron chi connectivity index (χ4n) is 3.60. The van der Waals surface area contributed by atoms with E-state index in [9.17, 15) is 0 Å². The summed E-state index contributed by atoms with van der Waals surface area (Å²) in [4.78, 5) is 0. The second-order valence-corrected chi connectivity index (χ2v) is 7.47. The Morgan fingerprint density at radius 3 is 1.06 bits per heavy atom. The fraction of sp³-hybridized carbons (Fsp3) is 0. The lowest BCUT2D eigenvalue weighted by atomic mass is 10.1. The highest BCUT2D eigenvalue weighted by Gasteiger charge is 2.08. The Morgan fingerprint density at radius 1 is 0.382 bits per heavy atom. The van der Waals surface area contributed by atoms with E-state index < -0.39 is 0 Å². The zero-order valence-corrected chi connectivity index (χ0v) is 18.4. The van der Waals surface area contributed by atoms with Crippen LogP contribution >= 0.6 is 0 Å². The minimum Gasteiger partial charge on any atom is -0.213 e. The molecule has 0 bridgehead atoms. The topological polar surface area (TPSA) is 61.4 Å². The molecule has 0 aliphatic heterocycles. The summed E-state index contributed by atoms with van der Waals surface area (Å²) in [6.07, 6.45) is 3.56. The molecule has 0 spiro atoms. The lowest BCUT2D eigenvalue weighted by molar-refractivity contribution is 0.808. The van der Waals surface area contributed by atoms with Crippen LogP contribution in [0.25, 0.3) is 33.9 Å². The average molecular weight is 443 g/mol. The number of hydrogen-bond acceptors (Lipinski definition) is 4. The molecule has 0 saturated heterocycles. The molecule has 6 heteroatoms. The van der Waals surface area contributed by atoms with Gasteiger partial charge in [-0.25, -0.2) is 9.36 Å². The van der Waals surface area contributed by atoms with Gasteiger partial charge in [-0.1, -0.05) is 107 Å². The van der Waals surface area contributed by atoms with Crippen molar-refractivity contribution in [3.8, 4) is 33.9 Å². The van der Waals surface area contributed by atoms with Gasteiger partial charge in [0.2, 0.25) is 0 Å². The average Bonchev–Trinajstić information content (AvgIpc) is 3.62. The van der Waals surface area contributed by atoms with Gasteiger partial charge in [0.25, 0.3) is 0 Å². The molecular formula is C28H22N6. The highest BCUT2D eigenvalue weighted by molar-refractivity contribution is 5.61. The Morgan fingerprint density at radius 2 is 0.706 bits per heavy atom. The number of hydrogen-bond donors (Lipinski definition) is 0. The van der Waals surface area contributed by atoms with Crippen LogP contribution in [-0.4, -0.2) is 30.0 Å². The number of rotatable bonds is 4. The van der Waals surface area contributed by atoms with Crippen molar-refractivity contribution < 1.29 is 0 Å². The number of nitrogens with zero attached hydrogens (tertiary/aromatic N) is 6. The van der Waals surface area contributed by atoms with E-state index in [1.807, 2.05) is 106 Å². The van der Waals surface area contributed by atoms with Gasteiger partial charge in [-0.05, 0) is 24.3 Å². The molecule has 34 heavy (non-hydrogen) atoms. The number of para-hydroxylation sites is 2. The molecule has 6 rings (SSSR count). The first kappa shape index (κ1) is 21.0. The van der Waals surface area contributed by atoms with Crippen molar-refractivity contribution in [3.63, 3.8) is 0 Å². The Kier molecular flexibility index (Phi) is 6.30. The van der Waals surface area contributed by atoms with Crippen LogP contribution in [0.1, 0.15) is 0 Å². The number of aromatic nitrogens is 6. The SMILES string of the molecule is c1ccc(-c2cnnn2-c2ccccc2)cc1.c1ccc(-c2cnnn2-c2ccccc2)cc1. The summed E-state index contributed by atoms with van der Waals surface area (Å²) in [7, 11) is 0. The van der Waals surface area contributed by atoms with Crippen molar-refractivity contribution in [3.05, 3.63) is 134 Å². The number of benzene rings is 4. The monoisotopic (exact) mass is 442 g/mol. The molecule has 0 N–H and O–H groups in total. The van der Waals surface area contributed by atoms with E-state index >= 15 is 0 Å². The first-order valence-corrected chi connectivity index (χ1v) is 10.9. The van der Waals surface area contributed by atoms with Crippen molar-refractivity contribution in [2.75, 3.05) is 0 Å². The molecule has 0 radical (unpaired) electrons. The zero-order valence-electron chi connectivity index (χ0n) is 18.4. The van der Waals surface area contributed by atoms with Gasteiger partial charge >= 0.3 is 0 Å². The van der Waals surface area contributed by atoms with Crippen molar-refractivity contribution in [2.45, 2.75) is 0 Å². The second-order valence-electron chi connectivity index (χ2n) is 7.47. The predicted molar refractivity (Wildman–Crippen MR) is 134 cm³/mol. The van der Waals surface area contributed by atoms with Crippen molar-refractivity contribution in [2.24, 2.45) is 0 Å². The summed E-state index contributed by atoms with van der Waals surface area (Å²) >= 11 is 0. The highest BCUT2D eigenvalue weighted by Crippen LogP contribution is 2.21. The van der Waals surface area contributed by atoms with Gasteiger partial charge in [-0.3, -0.25) is 0 Å². The molecule has 0 amide bonds. The van der Waals surface area contributed by atoms with E-state index in [1.54, 1.807) is 12.4 Å². The Bertz CT molecular complexity index is 1200. The van der Waals surface area contributed by atoms with Crippen LogP contribution in [0.4, 0.5) is 0 Å². The van der Waals surface area contributed by atoms with E-state index in [0.717, 1.165) is 33.9 Å². The summed E-state index contributed by atoms with van der Waals surface area (Å²) in [5.74, 6) is 0. The van der Waals surface area contributed by atoms with Gasteiger partial charge in [0.15, 0.2) is 0 Å². The van der Waals surface area contributed by atoms with E-state index in [-0.39, 0.29) is 0 Å². The Balaban J connectivity index is 0.000000142. The fourth-order valence-corrected chi connectivity index (χ4v) is 3.60. The summed E-state index contributed by atoms with van der Waals surface area (Å²) in [5.41, 5.74) is 6.25. The van der Waals surface area contributed by atoms with E-state index in [2.05, 4.69) is 44.9 Å². The van der Waals surface area contributed by atoms with Crippen LogP contribution in [0.3, 0.4) is 0 Å². The van der Waals surface area contributed by atoms with Crippen LogP contribution in [0.5, 0.6) is 0 Å². The van der Waals surface area contributed by atoms with E-state index in [4.69, 9.17) is 0 Å². The van der Waals surface area contributed by atoms with Gasteiger partial charge in [0.1, 0.15) is 0 Å². The van der Waals surface area contributed by atoms with Crippen molar-refractivity contribution in [1.82, 2.24) is 30.0 Å². The maximum Gasteiger partial charge on any atom is 0.0944 e. The maximum atomic E-state index is 4.13. The summed E-state index contributed by atoms with van der Waals surface area (Å²) in [6.45, 7) is 0. The lowest BCUT2D eigenvalue weighted by Gasteiger charge is -2.05. The molecule has 2 aromatic heterocycles. The quantitative estimate of drug-likeness (QED) is 0.343. The molecular weight excluding hydrogens is 420 g/mol. The molecule has 4 aromatic carbocycles. The third-order valence-electron chi connectivity index (χ3n) is 5.24. The molecule has 0 atom stereocenters. The summed E-state index contributed by atoms with van der Waals surface area (Å²) < 4.78 is 3.69. The second kappa shape index (κ2) is 10.2. The van der Waals surface area contributed by atoms with Crippen molar-refractivity contribution >= 4 is 0 Å². The smallest absolute Gasteiger partial charge is 0.0944 e. The predicted octanol–water partition coefficient (Wildman–Crippen LogP) is 5.87. The molecule has 0 aliphatic carbocycles. The first-order valence-electron chi connectivity index (χ1n) is 10.9. The van der Waals surface area contributed by atoms with Gasteiger partial charge in [-0.15, -0.1) is 10.2 Å². The van der Waals surface area contributed by atoms with Crippen LogP contribution < -0.4 is 0 Å². The molecule has 0 unspecified atom stereocenters. The third kappa shape index (κ3) is 4.66. The standard InChI is InChI=1S/2C14H11N3/c2*1-3-7-12(8-4-1)14-11-15-16-17(14)13-9-5-2-6-10-13/h2*1-11H. The van der Waals surface area contributed by atoms with Gasteiger partial charge in [-0.2, -0.15) is 0 Å². The normalized spacial score (nSPS) is 10.4. The minimum absolute atomic E-state index is 0.997. The molecule has 6 aromatic rings. The summed E-state index contributed by atoms with van der Waals surface area (Å²) in [5, 5.41) is 16.2. The Labute approximate surface area is 197 Å². The largest absolute Gasteiger partial charge is 0.213 e. The van der Waals surface area contributed by atoms with Crippen LogP contribution in [-0.2, 0) is 0 Å². The maximum absolute atomic E-state index is 4.13. The van der Waals surface area contributed by atoms with Crippen LogP contribution in [0.15, 0.2) is 134 Å². The van der Waals surface area contributed by atoms with Gasteiger partial charge in [0, 0.05) is 11.1 Å². The Hall–Kier alpha value is -4.84. The third-order valence-corrected chi connectivity index (χ3v) is 5.24. The molecule has 0 saturated carbocycles. The highest BCUT2D eigenvalue weighted by atomic mass is 15.4. The molecule has 164 valence electrons. The van der Waals surface area contributed by atoms with Crippen LogP contribution in [0.2, 0.25) is 0 Å². The van der Waals surface area contributed by atoms with E-state index in [1.165, 1.54) is 0 Å². The first-order chi connectivity index (χ1) is 16.9. The lowest BCUT2D eigenvalue weighted by Crippen LogP contribution is -1.98. The minimum atomic E-state index is 0.997. The molecule has 2 heterocycles. The summed E-state index contributed by atoms with van der Waals surface area (Å²) in [6, 6.07) is 40.3. The molecule has 0 fully saturated rings. The van der Waals surface area contributed by atoms with Gasteiger partial charge < -0.3 is 0 Å². The molecule has 0 aliphatic rings. The van der Waals surface area contributed by atoms with Gasteiger partial charge in [0.05, 0.1) is 35.2 Å². The molecule has 6 nitrogen and oxygen atoms in total. The van der Waals surface area contributed by atoms with Crippen LogP contribution in [0, 0.1) is 0 Å². The van der Waals surface area contributed by atoms with E-state index in [0.29, 0.717) is 0 Å². The van der Waals surface area contributed by atoms with Crippen molar-refractivity contribution in [1.29, 1.82) is 0 Å².